The number of aryl methyl sites for hydroxylation is 1. The van der Waals surface area contributed by atoms with Crippen LogP contribution in [0.2, 0.25) is 0 Å². The molecule has 0 aliphatic rings. The molecular weight excluding hydrogens is 324 g/mol. The van der Waals surface area contributed by atoms with Gasteiger partial charge in [-0.1, -0.05) is 42.5 Å². The standard InChI is InChI=1S/C21H22N4O/c1-3-25(19-11-5-4-6-12-19)21-23-14-18(15-24-21)20(26)22-13-17-10-8-7-9-16(17)2/h4-12,14-15H,3,13H2,1-2H3,(H,22,26). The maximum atomic E-state index is 12.3. The Bertz CT molecular complexity index is 863. The van der Waals surface area contributed by atoms with Crippen molar-refractivity contribution in [3.8, 4) is 0 Å². The average molecular weight is 346 g/mol. The van der Waals surface area contributed by atoms with Crippen molar-refractivity contribution >= 4 is 17.5 Å². The molecule has 0 bridgehead atoms. The van der Waals surface area contributed by atoms with E-state index in [0.29, 0.717) is 18.1 Å². The summed E-state index contributed by atoms with van der Waals surface area (Å²) in [5.74, 6) is 0.400. The van der Waals surface area contributed by atoms with Crippen molar-refractivity contribution in [1.82, 2.24) is 15.3 Å². The summed E-state index contributed by atoms with van der Waals surface area (Å²) in [7, 11) is 0. The van der Waals surface area contributed by atoms with Gasteiger partial charge in [-0.3, -0.25) is 4.79 Å². The number of benzene rings is 2. The number of carbonyl (C=O) groups excluding carboxylic acids is 1. The quantitative estimate of drug-likeness (QED) is 0.736. The Morgan fingerprint density at radius 2 is 1.65 bits per heavy atom. The molecular formula is C21H22N4O. The molecule has 0 aliphatic heterocycles. The van der Waals surface area contributed by atoms with Gasteiger partial charge in [-0.05, 0) is 37.1 Å². The van der Waals surface area contributed by atoms with Gasteiger partial charge >= 0.3 is 0 Å². The fourth-order valence-electron chi connectivity index (χ4n) is 2.71. The minimum Gasteiger partial charge on any atom is -0.348 e. The molecule has 26 heavy (non-hydrogen) atoms. The maximum absolute atomic E-state index is 12.3. The first-order valence-corrected chi connectivity index (χ1v) is 8.66. The highest BCUT2D eigenvalue weighted by Crippen LogP contribution is 2.20. The minimum absolute atomic E-state index is 0.178. The van der Waals surface area contributed by atoms with E-state index < -0.39 is 0 Å². The summed E-state index contributed by atoms with van der Waals surface area (Å²) in [5.41, 5.74) is 3.72. The molecule has 2 aromatic carbocycles. The van der Waals surface area contributed by atoms with Crippen LogP contribution in [0.5, 0.6) is 0 Å². The number of para-hydroxylation sites is 1. The molecule has 3 aromatic rings. The lowest BCUT2D eigenvalue weighted by molar-refractivity contribution is 0.0950. The molecule has 5 nitrogen and oxygen atoms in total. The molecule has 5 heteroatoms. The van der Waals surface area contributed by atoms with Crippen LogP contribution in [0.3, 0.4) is 0 Å². The Kier molecular flexibility index (Phi) is 5.59. The number of nitrogens with zero attached hydrogens (tertiary/aromatic N) is 3. The predicted octanol–water partition coefficient (Wildman–Crippen LogP) is 3.87. The fourth-order valence-corrected chi connectivity index (χ4v) is 2.71. The van der Waals surface area contributed by atoms with Crippen molar-refractivity contribution in [3.63, 3.8) is 0 Å². The Morgan fingerprint density at radius 1 is 1.00 bits per heavy atom. The molecule has 0 aliphatic carbocycles. The smallest absolute Gasteiger partial charge is 0.254 e. The van der Waals surface area contributed by atoms with E-state index in [9.17, 15) is 4.79 Å². The van der Waals surface area contributed by atoms with Gasteiger partial charge in [0.2, 0.25) is 5.95 Å². The van der Waals surface area contributed by atoms with E-state index in [4.69, 9.17) is 0 Å². The lowest BCUT2D eigenvalue weighted by Crippen LogP contribution is -2.24. The number of hydrogen-bond acceptors (Lipinski definition) is 4. The normalized spacial score (nSPS) is 10.4. The van der Waals surface area contributed by atoms with E-state index in [2.05, 4.69) is 15.3 Å². The number of rotatable bonds is 6. The van der Waals surface area contributed by atoms with Gasteiger partial charge in [0.1, 0.15) is 0 Å². The van der Waals surface area contributed by atoms with Crippen molar-refractivity contribution in [2.45, 2.75) is 20.4 Å². The zero-order valence-corrected chi connectivity index (χ0v) is 15.0. The minimum atomic E-state index is -0.178. The predicted molar refractivity (Wildman–Crippen MR) is 104 cm³/mol. The Morgan fingerprint density at radius 3 is 2.31 bits per heavy atom. The molecule has 1 aromatic heterocycles. The first-order valence-electron chi connectivity index (χ1n) is 8.66. The first kappa shape index (κ1) is 17.6. The third-order valence-electron chi connectivity index (χ3n) is 4.23. The Balaban J connectivity index is 1.68. The van der Waals surface area contributed by atoms with Gasteiger partial charge in [-0.25, -0.2) is 9.97 Å². The molecule has 3 rings (SSSR count). The van der Waals surface area contributed by atoms with Crippen LogP contribution < -0.4 is 10.2 Å². The van der Waals surface area contributed by atoms with Crippen LogP contribution in [0, 0.1) is 6.92 Å². The lowest BCUT2D eigenvalue weighted by atomic mass is 10.1. The summed E-state index contributed by atoms with van der Waals surface area (Å²) < 4.78 is 0. The zero-order valence-electron chi connectivity index (χ0n) is 15.0. The fraction of sp³-hybridized carbons (Fsp3) is 0.190. The Hall–Kier alpha value is -3.21. The average Bonchev–Trinajstić information content (AvgIpc) is 2.69. The van der Waals surface area contributed by atoms with Crippen molar-refractivity contribution < 1.29 is 4.79 Å². The van der Waals surface area contributed by atoms with Crippen LogP contribution in [0.15, 0.2) is 67.0 Å². The molecule has 0 saturated heterocycles. The molecule has 0 spiro atoms. The number of nitrogens with one attached hydrogen (secondary N) is 1. The van der Waals surface area contributed by atoms with Gasteiger partial charge < -0.3 is 10.2 Å². The van der Waals surface area contributed by atoms with E-state index in [0.717, 1.165) is 23.4 Å². The van der Waals surface area contributed by atoms with Gasteiger partial charge in [0.05, 0.1) is 5.56 Å². The van der Waals surface area contributed by atoms with Crippen LogP contribution in [0.25, 0.3) is 0 Å². The van der Waals surface area contributed by atoms with E-state index in [-0.39, 0.29) is 5.91 Å². The number of anilines is 2. The highest BCUT2D eigenvalue weighted by Gasteiger charge is 2.12. The van der Waals surface area contributed by atoms with E-state index in [1.165, 1.54) is 0 Å². The summed E-state index contributed by atoms with van der Waals surface area (Å²) in [4.78, 5) is 23.1. The second kappa shape index (κ2) is 8.25. The van der Waals surface area contributed by atoms with Gasteiger partial charge in [0.15, 0.2) is 0 Å². The molecule has 132 valence electrons. The number of amides is 1. The first-order chi connectivity index (χ1) is 12.7. The molecule has 0 atom stereocenters. The van der Waals surface area contributed by atoms with Crippen LogP contribution in [-0.2, 0) is 6.54 Å². The summed E-state index contributed by atoms with van der Waals surface area (Å²) in [5, 5.41) is 2.92. The van der Waals surface area contributed by atoms with Gasteiger partial charge in [-0.2, -0.15) is 0 Å². The highest BCUT2D eigenvalue weighted by molar-refractivity contribution is 5.93. The van der Waals surface area contributed by atoms with Crippen LogP contribution >= 0.6 is 0 Å². The van der Waals surface area contributed by atoms with Gasteiger partial charge in [-0.15, -0.1) is 0 Å². The van der Waals surface area contributed by atoms with Crippen molar-refractivity contribution in [2.24, 2.45) is 0 Å². The molecule has 0 unspecified atom stereocenters. The molecule has 0 saturated carbocycles. The summed E-state index contributed by atoms with van der Waals surface area (Å²) in [6.07, 6.45) is 3.14. The van der Waals surface area contributed by atoms with Crippen molar-refractivity contribution in [3.05, 3.63) is 83.7 Å². The molecule has 1 heterocycles. The monoisotopic (exact) mass is 346 g/mol. The summed E-state index contributed by atoms with van der Waals surface area (Å²) >= 11 is 0. The van der Waals surface area contributed by atoms with Crippen molar-refractivity contribution in [1.29, 1.82) is 0 Å². The third kappa shape index (κ3) is 4.06. The lowest BCUT2D eigenvalue weighted by Gasteiger charge is -2.20. The van der Waals surface area contributed by atoms with Crippen molar-refractivity contribution in [2.75, 3.05) is 11.4 Å². The van der Waals surface area contributed by atoms with Crippen LogP contribution in [-0.4, -0.2) is 22.4 Å². The molecule has 1 N–H and O–H groups in total. The zero-order chi connectivity index (χ0) is 18.4. The van der Waals surface area contributed by atoms with E-state index in [1.807, 2.05) is 73.3 Å². The second-order valence-corrected chi connectivity index (χ2v) is 5.96. The number of hydrogen-bond donors (Lipinski definition) is 1. The molecule has 1 amide bonds. The second-order valence-electron chi connectivity index (χ2n) is 5.96. The summed E-state index contributed by atoms with van der Waals surface area (Å²) in [6.45, 7) is 5.29. The number of aromatic nitrogens is 2. The van der Waals surface area contributed by atoms with Gasteiger partial charge in [0, 0.05) is 31.2 Å². The van der Waals surface area contributed by atoms with Crippen LogP contribution in [0.1, 0.15) is 28.4 Å². The largest absolute Gasteiger partial charge is 0.348 e. The SMILES string of the molecule is CCN(c1ccccc1)c1ncc(C(=O)NCc2ccccc2C)cn1. The van der Waals surface area contributed by atoms with Crippen LogP contribution in [0.4, 0.5) is 11.6 Å². The van der Waals surface area contributed by atoms with Gasteiger partial charge in [0.25, 0.3) is 5.91 Å². The third-order valence-corrected chi connectivity index (χ3v) is 4.23. The highest BCUT2D eigenvalue weighted by atomic mass is 16.1. The van der Waals surface area contributed by atoms with E-state index in [1.54, 1.807) is 12.4 Å². The van der Waals surface area contributed by atoms with E-state index >= 15 is 0 Å². The molecule has 0 radical (unpaired) electrons. The molecule has 0 fully saturated rings. The number of carbonyl (C=O) groups is 1. The maximum Gasteiger partial charge on any atom is 0.254 e. The topological polar surface area (TPSA) is 58.1 Å². The Labute approximate surface area is 153 Å². The summed E-state index contributed by atoms with van der Waals surface area (Å²) in [6, 6.07) is 17.9.